The number of hydrogen-bond donors (Lipinski definition) is 2. The van der Waals surface area contributed by atoms with E-state index in [1.807, 2.05) is 0 Å². The molecule has 1 atom stereocenters. The molecule has 38 heavy (non-hydrogen) atoms. The molecule has 0 radical (unpaired) electrons. The van der Waals surface area contributed by atoms with E-state index in [0.29, 0.717) is 47.9 Å². The normalized spacial score (nSPS) is 20.3. The van der Waals surface area contributed by atoms with Gasteiger partial charge in [0.2, 0.25) is 5.95 Å². The Hall–Kier alpha value is -3.59. The zero-order valence-corrected chi connectivity index (χ0v) is 20.5. The Bertz CT molecular complexity index is 1450. The molecule has 202 valence electrons. The van der Waals surface area contributed by atoms with Crippen LogP contribution in [0.15, 0.2) is 24.4 Å². The summed E-state index contributed by atoms with van der Waals surface area (Å²) in [5.74, 6) is -2.51. The van der Waals surface area contributed by atoms with Gasteiger partial charge >= 0.3 is 0 Å². The monoisotopic (exact) mass is 534 g/mol. The highest BCUT2D eigenvalue weighted by Crippen LogP contribution is 2.33. The number of pyridine rings is 1. The maximum Gasteiger partial charge on any atom is 0.280 e. The number of rotatable bonds is 8. The zero-order valence-electron chi connectivity index (χ0n) is 20.5. The minimum Gasteiger partial charge on any atom is -0.378 e. The molecule has 2 fully saturated rings. The summed E-state index contributed by atoms with van der Waals surface area (Å²) in [7, 11) is 1.67. The lowest BCUT2D eigenvalue weighted by Gasteiger charge is -2.44. The van der Waals surface area contributed by atoms with Gasteiger partial charge in [0.05, 0.1) is 37.5 Å². The zero-order chi connectivity index (χ0) is 26.4. The van der Waals surface area contributed by atoms with E-state index in [1.54, 1.807) is 36.3 Å². The SMILES string of the molecule is CNc1nc(N[C@@H]2CCN(C3COC3)CC2(F)F)nn2ccc(-c3ccc4nnn(C(CF)CF)c4n3)c12. The van der Waals surface area contributed by atoms with Crippen LogP contribution in [0.25, 0.3) is 27.9 Å². The van der Waals surface area contributed by atoms with Gasteiger partial charge in [-0.3, -0.25) is 4.90 Å². The minimum atomic E-state index is -2.97. The van der Waals surface area contributed by atoms with Crippen molar-refractivity contribution in [3.8, 4) is 11.3 Å². The Balaban J connectivity index is 1.31. The van der Waals surface area contributed by atoms with Crippen molar-refractivity contribution in [1.82, 2.24) is 39.5 Å². The van der Waals surface area contributed by atoms with Crippen LogP contribution in [0.4, 0.5) is 29.3 Å². The van der Waals surface area contributed by atoms with Crippen LogP contribution in [0, 0.1) is 0 Å². The number of piperidine rings is 1. The van der Waals surface area contributed by atoms with Crippen LogP contribution in [-0.2, 0) is 4.74 Å². The number of nitrogens with one attached hydrogen (secondary N) is 2. The third-order valence-corrected chi connectivity index (χ3v) is 7.12. The third kappa shape index (κ3) is 4.18. The summed E-state index contributed by atoms with van der Waals surface area (Å²) in [5, 5.41) is 18.1. The maximum absolute atomic E-state index is 15.0. The van der Waals surface area contributed by atoms with Gasteiger partial charge in [0.15, 0.2) is 11.5 Å². The molecule has 4 aromatic heterocycles. The Morgan fingerprint density at radius 3 is 2.66 bits per heavy atom. The highest BCUT2D eigenvalue weighted by molar-refractivity contribution is 5.89. The summed E-state index contributed by atoms with van der Waals surface area (Å²) in [6, 6.07) is 2.94. The highest BCUT2D eigenvalue weighted by Gasteiger charge is 2.47. The molecule has 2 aliphatic rings. The Morgan fingerprint density at radius 2 is 1.97 bits per heavy atom. The minimum absolute atomic E-state index is 0.0469. The quantitative estimate of drug-likeness (QED) is 0.330. The van der Waals surface area contributed by atoms with Crippen molar-refractivity contribution in [2.45, 2.75) is 30.5 Å². The van der Waals surface area contributed by atoms with Gasteiger partial charge in [-0.2, -0.15) is 4.98 Å². The van der Waals surface area contributed by atoms with E-state index in [9.17, 15) is 17.6 Å². The molecule has 11 nitrogen and oxygen atoms in total. The molecule has 2 N–H and O–H groups in total. The molecule has 0 spiro atoms. The highest BCUT2D eigenvalue weighted by atomic mass is 19.3. The van der Waals surface area contributed by atoms with E-state index in [2.05, 4.69) is 36.0 Å². The summed E-state index contributed by atoms with van der Waals surface area (Å²) in [5.41, 5.74) is 2.32. The van der Waals surface area contributed by atoms with Crippen molar-refractivity contribution in [3.63, 3.8) is 0 Å². The van der Waals surface area contributed by atoms with E-state index >= 15 is 0 Å². The lowest BCUT2D eigenvalue weighted by Crippen LogP contribution is -2.61. The number of nitrogens with zero attached hydrogens (tertiary/aromatic N) is 8. The van der Waals surface area contributed by atoms with Crippen molar-refractivity contribution >= 4 is 28.4 Å². The number of likely N-dealkylation sites (tertiary alicyclic amines) is 1. The molecule has 4 aromatic rings. The fraction of sp³-hybridized carbons (Fsp3) is 0.522. The molecule has 15 heteroatoms. The van der Waals surface area contributed by atoms with E-state index in [4.69, 9.17) is 4.74 Å². The first kappa shape index (κ1) is 24.7. The van der Waals surface area contributed by atoms with Crippen LogP contribution in [0.5, 0.6) is 0 Å². The molecule has 0 saturated carbocycles. The van der Waals surface area contributed by atoms with Gasteiger partial charge in [-0.05, 0) is 24.6 Å². The van der Waals surface area contributed by atoms with Gasteiger partial charge < -0.3 is 15.4 Å². The number of hydrogen-bond acceptors (Lipinski definition) is 9. The number of aromatic nitrogens is 7. The van der Waals surface area contributed by atoms with Crippen molar-refractivity contribution < 1.29 is 22.3 Å². The Morgan fingerprint density at radius 1 is 1.16 bits per heavy atom. The lowest BCUT2D eigenvalue weighted by atomic mass is 9.98. The fourth-order valence-corrected chi connectivity index (χ4v) is 4.91. The molecule has 0 bridgehead atoms. The molecule has 2 aliphatic heterocycles. The average Bonchev–Trinajstić information content (AvgIpc) is 3.49. The first-order valence-electron chi connectivity index (χ1n) is 12.3. The number of ether oxygens (including phenoxy) is 1. The van der Waals surface area contributed by atoms with Gasteiger partial charge in [-0.1, -0.05) is 5.21 Å². The number of halogens is 4. The summed E-state index contributed by atoms with van der Waals surface area (Å²) < 4.78 is 64.4. The van der Waals surface area contributed by atoms with Crippen LogP contribution in [0.3, 0.4) is 0 Å². The number of alkyl halides is 4. The van der Waals surface area contributed by atoms with E-state index < -0.39 is 31.4 Å². The van der Waals surface area contributed by atoms with Crippen molar-refractivity contribution in [2.75, 3.05) is 57.3 Å². The lowest BCUT2D eigenvalue weighted by molar-refractivity contribution is -0.131. The second kappa shape index (κ2) is 9.62. The Kier molecular flexibility index (Phi) is 6.26. The fourth-order valence-electron chi connectivity index (χ4n) is 4.91. The van der Waals surface area contributed by atoms with Crippen LogP contribution in [-0.4, -0.2) is 104 Å². The molecule has 2 saturated heterocycles. The topological polar surface area (TPSA) is 110 Å². The predicted octanol–water partition coefficient (Wildman–Crippen LogP) is 2.58. The summed E-state index contributed by atoms with van der Waals surface area (Å²) in [4.78, 5) is 10.8. The van der Waals surface area contributed by atoms with E-state index in [-0.39, 0.29) is 30.6 Å². The van der Waals surface area contributed by atoms with E-state index in [0.717, 1.165) is 4.68 Å². The Labute approximate surface area is 214 Å². The number of anilines is 2. The molecule has 6 rings (SSSR count). The summed E-state index contributed by atoms with van der Waals surface area (Å²) >= 11 is 0. The standard InChI is InChI=1S/C23H26F4N10O/c1-28-20-19-15(16-2-3-17-21(29-16)37(34-32-17)13(8-24)9-25)4-7-36(19)33-22(31-20)30-18-5-6-35(12-23(18,26)27)14-10-38-11-14/h2-4,7,13-14,18H,5-6,8-12H2,1H3,(H2,28,30,31,33)/t18-/m1/s1. The third-order valence-electron chi connectivity index (χ3n) is 7.12. The van der Waals surface area contributed by atoms with Crippen molar-refractivity contribution in [1.29, 1.82) is 0 Å². The first-order valence-corrected chi connectivity index (χ1v) is 12.3. The maximum atomic E-state index is 15.0. The van der Waals surface area contributed by atoms with Gasteiger partial charge in [0.1, 0.15) is 30.4 Å². The molecular formula is C23H26F4N10O. The van der Waals surface area contributed by atoms with Gasteiger partial charge in [-0.25, -0.2) is 31.7 Å². The molecular weight excluding hydrogens is 508 g/mol. The van der Waals surface area contributed by atoms with Crippen LogP contribution < -0.4 is 10.6 Å². The first-order chi connectivity index (χ1) is 18.4. The molecule has 0 amide bonds. The predicted molar refractivity (Wildman–Crippen MR) is 131 cm³/mol. The molecule has 0 aliphatic carbocycles. The summed E-state index contributed by atoms with van der Waals surface area (Å²) in [6.07, 6.45) is 1.91. The molecule has 0 unspecified atom stereocenters. The smallest absolute Gasteiger partial charge is 0.280 e. The van der Waals surface area contributed by atoms with Crippen LogP contribution >= 0.6 is 0 Å². The van der Waals surface area contributed by atoms with Gasteiger partial charge in [0, 0.05) is 25.4 Å². The van der Waals surface area contributed by atoms with Gasteiger partial charge in [0.25, 0.3) is 5.92 Å². The van der Waals surface area contributed by atoms with Crippen LogP contribution in [0.1, 0.15) is 12.5 Å². The van der Waals surface area contributed by atoms with Crippen LogP contribution in [0.2, 0.25) is 0 Å². The van der Waals surface area contributed by atoms with Crippen molar-refractivity contribution in [3.05, 3.63) is 24.4 Å². The van der Waals surface area contributed by atoms with E-state index in [1.165, 1.54) is 4.52 Å². The molecule has 6 heterocycles. The molecule has 0 aromatic carbocycles. The van der Waals surface area contributed by atoms with Crippen molar-refractivity contribution in [2.24, 2.45) is 0 Å². The largest absolute Gasteiger partial charge is 0.378 e. The number of fused-ring (bicyclic) bond motifs is 2. The average molecular weight is 535 g/mol. The summed E-state index contributed by atoms with van der Waals surface area (Å²) in [6.45, 7) is -0.738. The second-order valence-corrected chi connectivity index (χ2v) is 9.50. The second-order valence-electron chi connectivity index (χ2n) is 9.50. The van der Waals surface area contributed by atoms with Gasteiger partial charge in [-0.15, -0.1) is 10.2 Å².